The third-order valence-corrected chi connectivity index (χ3v) is 2.33. The quantitative estimate of drug-likeness (QED) is 0.250. The van der Waals surface area contributed by atoms with Gasteiger partial charge in [-0.15, -0.1) is 0 Å². The Labute approximate surface area is 158 Å². The summed E-state index contributed by atoms with van der Waals surface area (Å²) >= 11 is 0. The fraction of sp³-hybridized carbons (Fsp3) is 0.353. The van der Waals surface area contributed by atoms with Gasteiger partial charge in [0.25, 0.3) is 0 Å². The number of carbonyl (C=O) groups excluding carboxylic acids is 2. The van der Waals surface area contributed by atoms with Gasteiger partial charge in [0.15, 0.2) is 0 Å². The zero-order chi connectivity index (χ0) is 18.1. The SMILES string of the molecule is C=CCOC(=O)c1ccccc1C(=O)OCCC[CH2-].CO.CO.[Ti]. The molecule has 0 aliphatic carbocycles. The Kier molecular flexibility index (Phi) is 22.3. The minimum absolute atomic E-state index is 0. The van der Waals surface area contributed by atoms with E-state index in [0.717, 1.165) is 14.2 Å². The molecule has 0 aromatic heterocycles. The Morgan fingerprint density at radius 2 is 1.54 bits per heavy atom. The molecule has 0 aliphatic rings. The first-order valence-electron chi connectivity index (χ1n) is 6.93. The molecule has 0 saturated heterocycles. The van der Waals surface area contributed by atoms with Gasteiger partial charge in [-0.25, -0.2) is 9.59 Å². The van der Waals surface area contributed by atoms with E-state index < -0.39 is 11.9 Å². The average Bonchev–Trinajstić information content (AvgIpc) is 2.63. The van der Waals surface area contributed by atoms with Crippen molar-refractivity contribution in [1.29, 1.82) is 0 Å². The maximum atomic E-state index is 11.8. The Hall–Kier alpha value is -1.47. The number of aliphatic hydroxyl groups is 2. The number of aliphatic hydroxyl groups excluding tert-OH is 2. The van der Waals surface area contributed by atoms with Crippen LogP contribution in [0, 0.1) is 6.92 Å². The van der Waals surface area contributed by atoms with Crippen LogP contribution in [0.1, 0.15) is 33.6 Å². The molecule has 0 radical (unpaired) electrons. The number of esters is 2. The van der Waals surface area contributed by atoms with Crippen LogP contribution < -0.4 is 0 Å². The number of hydrogen-bond acceptors (Lipinski definition) is 6. The van der Waals surface area contributed by atoms with E-state index in [9.17, 15) is 9.59 Å². The fourth-order valence-corrected chi connectivity index (χ4v) is 1.40. The second-order valence-electron chi connectivity index (χ2n) is 3.78. The Morgan fingerprint density at radius 3 is 1.96 bits per heavy atom. The Bertz CT molecular complexity index is 462. The molecule has 1 aromatic rings. The number of unbranched alkanes of at least 4 members (excludes halogenated alkanes) is 1. The van der Waals surface area contributed by atoms with E-state index in [1.165, 1.54) is 18.2 Å². The smallest absolute Gasteiger partial charge is 0.339 e. The van der Waals surface area contributed by atoms with Gasteiger partial charge in [0.05, 0.1) is 17.7 Å². The third kappa shape index (κ3) is 11.1. The van der Waals surface area contributed by atoms with Crippen LogP contribution in [0.4, 0.5) is 0 Å². The average molecular weight is 373 g/mol. The van der Waals surface area contributed by atoms with Crippen molar-refractivity contribution in [2.45, 2.75) is 12.8 Å². The van der Waals surface area contributed by atoms with E-state index in [2.05, 4.69) is 13.5 Å². The second-order valence-corrected chi connectivity index (χ2v) is 3.78. The molecule has 0 atom stereocenters. The van der Waals surface area contributed by atoms with Crippen molar-refractivity contribution in [2.75, 3.05) is 27.4 Å². The van der Waals surface area contributed by atoms with Crippen molar-refractivity contribution in [3.05, 3.63) is 55.0 Å². The van der Waals surface area contributed by atoms with Crippen molar-refractivity contribution >= 4 is 11.9 Å². The molecule has 6 nitrogen and oxygen atoms in total. The zero-order valence-corrected chi connectivity index (χ0v) is 15.7. The van der Waals surface area contributed by atoms with Crippen LogP contribution in [0.15, 0.2) is 36.9 Å². The van der Waals surface area contributed by atoms with Gasteiger partial charge in [-0.3, -0.25) is 0 Å². The number of ether oxygens (including phenoxy) is 2. The van der Waals surface area contributed by atoms with Gasteiger partial charge in [-0.1, -0.05) is 24.8 Å². The molecule has 0 aliphatic heterocycles. The van der Waals surface area contributed by atoms with Gasteiger partial charge in [0.1, 0.15) is 6.61 Å². The van der Waals surface area contributed by atoms with Crippen LogP contribution in [0.25, 0.3) is 0 Å². The van der Waals surface area contributed by atoms with E-state index in [0.29, 0.717) is 19.4 Å². The molecule has 24 heavy (non-hydrogen) atoms. The Balaban J connectivity index is -0.000000817. The Morgan fingerprint density at radius 1 is 1.08 bits per heavy atom. The first-order chi connectivity index (χ1) is 11.2. The summed E-state index contributed by atoms with van der Waals surface area (Å²) in [4.78, 5) is 23.6. The van der Waals surface area contributed by atoms with Crippen LogP contribution in [-0.4, -0.2) is 49.6 Å². The number of benzene rings is 1. The molecule has 0 unspecified atom stereocenters. The maximum Gasteiger partial charge on any atom is 0.339 e. The van der Waals surface area contributed by atoms with Crippen molar-refractivity contribution in [2.24, 2.45) is 0 Å². The molecule has 1 aromatic carbocycles. The number of rotatable bonds is 7. The second kappa shape index (κ2) is 19.6. The van der Waals surface area contributed by atoms with Crippen LogP contribution in [0.2, 0.25) is 0 Å². The predicted molar refractivity (Wildman–Crippen MR) is 88.1 cm³/mol. The summed E-state index contributed by atoms with van der Waals surface area (Å²) < 4.78 is 9.98. The molecule has 0 spiro atoms. The van der Waals surface area contributed by atoms with E-state index in [-0.39, 0.29) is 39.5 Å². The summed E-state index contributed by atoms with van der Waals surface area (Å²) in [6.45, 7) is 7.51. The molecule has 0 amide bonds. The summed E-state index contributed by atoms with van der Waals surface area (Å²) in [5.74, 6) is -1.09. The fourth-order valence-electron chi connectivity index (χ4n) is 1.40. The predicted octanol–water partition coefficient (Wildman–Crippen LogP) is 2.01. The normalized spacial score (nSPS) is 8.21. The van der Waals surface area contributed by atoms with Crippen LogP contribution in [-0.2, 0) is 31.2 Å². The minimum Gasteiger partial charge on any atom is -0.462 e. The number of hydrogen-bond donors (Lipinski definition) is 2. The molecular formula is C17H25O6Ti-. The minimum atomic E-state index is -0.565. The van der Waals surface area contributed by atoms with E-state index in [4.69, 9.17) is 19.7 Å². The molecule has 0 fully saturated rings. The van der Waals surface area contributed by atoms with Gasteiger partial charge >= 0.3 is 11.9 Å². The standard InChI is InChI=1S/C15H17O4.2CH4O.Ti/c1-3-5-11-19-15(17)13-9-7-6-8-12(13)14(16)18-10-4-2;2*1-2;/h4,6-9H,1-3,5,10-11H2;2*2H,1H3;/q-1;;;. The molecule has 2 N–H and O–H groups in total. The van der Waals surface area contributed by atoms with Crippen molar-refractivity contribution in [1.82, 2.24) is 0 Å². The maximum absolute atomic E-state index is 11.8. The summed E-state index contributed by atoms with van der Waals surface area (Å²) in [6.07, 6.45) is 2.85. The number of carbonyl (C=O) groups is 2. The van der Waals surface area contributed by atoms with Gasteiger partial charge in [0.2, 0.25) is 0 Å². The first-order valence-corrected chi connectivity index (χ1v) is 6.93. The summed E-state index contributed by atoms with van der Waals surface area (Å²) in [5.41, 5.74) is 0.407. The summed E-state index contributed by atoms with van der Waals surface area (Å²) in [7, 11) is 2.00. The largest absolute Gasteiger partial charge is 0.462 e. The topological polar surface area (TPSA) is 93.1 Å². The van der Waals surface area contributed by atoms with Crippen LogP contribution in [0.5, 0.6) is 0 Å². The van der Waals surface area contributed by atoms with Crippen LogP contribution in [0.3, 0.4) is 0 Å². The van der Waals surface area contributed by atoms with Crippen LogP contribution >= 0.6 is 0 Å². The van der Waals surface area contributed by atoms with Crippen molar-refractivity contribution in [3.63, 3.8) is 0 Å². The van der Waals surface area contributed by atoms with E-state index >= 15 is 0 Å². The summed E-state index contributed by atoms with van der Waals surface area (Å²) in [6, 6.07) is 6.40. The monoisotopic (exact) mass is 373 g/mol. The zero-order valence-electron chi connectivity index (χ0n) is 14.2. The van der Waals surface area contributed by atoms with Crippen molar-refractivity contribution in [3.8, 4) is 0 Å². The van der Waals surface area contributed by atoms with Gasteiger partial charge < -0.3 is 26.6 Å². The van der Waals surface area contributed by atoms with E-state index in [1.807, 2.05) is 0 Å². The molecular weight excluding hydrogens is 348 g/mol. The molecule has 7 heteroatoms. The molecule has 0 heterocycles. The first kappa shape index (κ1) is 27.4. The molecule has 0 bridgehead atoms. The van der Waals surface area contributed by atoms with Gasteiger partial charge in [-0.05, 0) is 18.6 Å². The van der Waals surface area contributed by atoms with Crippen molar-refractivity contribution < 1.29 is 51.0 Å². The third-order valence-electron chi connectivity index (χ3n) is 2.33. The molecule has 134 valence electrons. The van der Waals surface area contributed by atoms with Gasteiger partial charge in [-0.2, -0.15) is 6.42 Å². The summed E-state index contributed by atoms with van der Waals surface area (Å²) in [5, 5.41) is 14.0. The van der Waals surface area contributed by atoms with Gasteiger partial charge in [0, 0.05) is 35.9 Å². The van der Waals surface area contributed by atoms with E-state index in [1.54, 1.807) is 12.1 Å². The molecule has 1 rings (SSSR count). The molecule has 0 saturated carbocycles.